The molecule has 0 aliphatic rings. The summed E-state index contributed by atoms with van der Waals surface area (Å²) in [7, 11) is 0. The molecule has 0 amide bonds. The minimum absolute atomic E-state index is 1.18. The van der Waals surface area contributed by atoms with Gasteiger partial charge in [0.1, 0.15) is 0 Å². The van der Waals surface area contributed by atoms with Crippen LogP contribution in [0.5, 0.6) is 0 Å². The molecule has 0 atom stereocenters. The molecule has 236 valence electrons. The van der Waals surface area contributed by atoms with Gasteiger partial charge in [0.15, 0.2) is 0 Å². The number of rotatable bonds is 3. The molecule has 12 aromatic rings. The second kappa shape index (κ2) is 9.87. The van der Waals surface area contributed by atoms with Crippen molar-refractivity contribution in [2.24, 2.45) is 0 Å². The highest BCUT2D eigenvalue weighted by Crippen LogP contribution is 2.45. The molecule has 0 spiro atoms. The SMILES string of the molecule is c1ccc(-n2c3ccccc3c3cc(-c4ccc5c(c4)c4cccc6c7c8c9ccccc9n(-c9ccccc9)c8ccc7n5c46)ccc32)cc1. The van der Waals surface area contributed by atoms with Crippen molar-refractivity contribution < 1.29 is 0 Å². The van der Waals surface area contributed by atoms with Crippen molar-refractivity contribution in [3.8, 4) is 22.5 Å². The molecule has 4 heterocycles. The quantitative estimate of drug-likeness (QED) is 0.181. The van der Waals surface area contributed by atoms with Crippen LogP contribution >= 0.6 is 0 Å². The monoisotopic (exact) mass is 647 g/mol. The van der Waals surface area contributed by atoms with Crippen molar-refractivity contribution in [2.45, 2.75) is 0 Å². The fourth-order valence-corrected chi connectivity index (χ4v) is 9.07. The van der Waals surface area contributed by atoms with Gasteiger partial charge >= 0.3 is 0 Å². The van der Waals surface area contributed by atoms with Crippen molar-refractivity contribution in [1.29, 1.82) is 0 Å². The van der Waals surface area contributed by atoms with E-state index >= 15 is 0 Å². The molecule has 3 nitrogen and oxygen atoms in total. The highest BCUT2D eigenvalue weighted by Gasteiger charge is 2.23. The fraction of sp³-hybridized carbons (Fsp3) is 0. The Morgan fingerprint density at radius 3 is 1.47 bits per heavy atom. The van der Waals surface area contributed by atoms with E-state index < -0.39 is 0 Å². The number of benzene rings is 8. The molecule has 0 fully saturated rings. The van der Waals surface area contributed by atoms with Crippen LogP contribution in [0.25, 0.3) is 104 Å². The fourth-order valence-electron chi connectivity index (χ4n) is 9.07. The summed E-state index contributed by atoms with van der Waals surface area (Å²) in [5.41, 5.74) is 13.5. The van der Waals surface area contributed by atoms with Crippen LogP contribution in [0.3, 0.4) is 0 Å². The van der Waals surface area contributed by atoms with E-state index in [9.17, 15) is 0 Å². The summed E-state index contributed by atoms with van der Waals surface area (Å²) < 4.78 is 7.30. The smallest absolute Gasteiger partial charge is 0.0620 e. The standard InChI is InChI=1S/C48H29N3/c1-3-12-32(13-4-1)49-40-20-9-7-16-34(40)38-28-30(22-24-42(38)49)31-23-25-43-39(29-31)35-18-11-19-37-47-45(51(43)48(35)37)27-26-44-46(47)36-17-8-10-21-41(36)50(44)33-14-5-2-6-15-33/h1-29H. The Morgan fingerprint density at radius 1 is 0.275 bits per heavy atom. The Bertz CT molecular complexity index is 3340. The first-order valence-corrected chi connectivity index (χ1v) is 17.6. The Kier molecular flexibility index (Phi) is 5.23. The normalized spacial score (nSPS) is 12.3. The Morgan fingerprint density at radius 2 is 0.745 bits per heavy atom. The molecule has 0 saturated carbocycles. The van der Waals surface area contributed by atoms with Crippen LogP contribution in [0, 0.1) is 0 Å². The van der Waals surface area contributed by atoms with Gasteiger partial charge in [-0.25, -0.2) is 0 Å². The number of para-hydroxylation sites is 5. The lowest BCUT2D eigenvalue weighted by Crippen LogP contribution is -1.92. The topological polar surface area (TPSA) is 14.3 Å². The van der Waals surface area contributed by atoms with Crippen LogP contribution in [-0.2, 0) is 0 Å². The summed E-state index contributed by atoms with van der Waals surface area (Å²) in [6.07, 6.45) is 0. The van der Waals surface area contributed by atoms with Crippen LogP contribution < -0.4 is 0 Å². The van der Waals surface area contributed by atoms with Crippen molar-refractivity contribution in [3.63, 3.8) is 0 Å². The summed E-state index contributed by atoms with van der Waals surface area (Å²) in [4.78, 5) is 0. The minimum Gasteiger partial charge on any atom is -0.309 e. The van der Waals surface area contributed by atoms with Crippen LogP contribution in [0.15, 0.2) is 176 Å². The summed E-state index contributed by atoms with van der Waals surface area (Å²) in [5.74, 6) is 0. The van der Waals surface area contributed by atoms with Gasteiger partial charge in [0, 0.05) is 54.5 Å². The zero-order valence-corrected chi connectivity index (χ0v) is 27.6. The second-order valence-corrected chi connectivity index (χ2v) is 13.7. The number of hydrogen-bond donors (Lipinski definition) is 0. The summed E-state index contributed by atoms with van der Waals surface area (Å²) in [6.45, 7) is 0. The first kappa shape index (κ1) is 27.0. The predicted octanol–water partition coefficient (Wildman–Crippen LogP) is 12.7. The summed E-state index contributed by atoms with van der Waals surface area (Å²) in [5, 5.41) is 10.3. The van der Waals surface area contributed by atoms with Crippen LogP contribution in [0.2, 0.25) is 0 Å². The number of aromatic nitrogens is 3. The molecule has 4 aromatic heterocycles. The van der Waals surface area contributed by atoms with Gasteiger partial charge in [0.05, 0.1) is 38.6 Å². The average Bonchev–Trinajstić information content (AvgIpc) is 3.92. The molecule has 0 saturated heterocycles. The molecule has 0 N–H and O–H groups in total. The number of hydrogen-bond acceptors (Lipinski definition) is 0. The van der Waals surface area contributed by atoms with Gasteiger partial charge < -0.3 is 13.5 Å². The van der Waals surface area contributed by atoms with Crippen molar-refractivity contribution >= 4 is 81.7 Å². The maximum atomic E-state index is 2.50. The predicted molar refractivity (Wildman–Crippen MR) is 215 cm³/mol. The number of fused-ring (bicyclic) bond motifs is 13. The van der Waals surface area contributed by atoms with Gasteiger partial charge in [-0.3, -0.25) is 0 Å². The van der Waals surface area contributed by atoms with E-state index in [0.29, 0.717) is 0 Å². The van der Waals surface area contributed by atoms with E-state index in [4.69, 9.17) is 0 Å². The maximum absolute atomic E-state index is 2.50. The van der Waals surface area contributed by atoms with E-state index in [2.05, 4.69) is 189 Å². The number of nitrogens with zero attached hydrogens (tertiary/aromatic N) is 3. The third kappa shape index (κ3) is 3.52. The lowest BCUT2D eigenvalue weighted by Gasteiger charge is -2.08. The molecule has 0 aliphatic carbocycles. The zero-order valence-electron chi connectivity index (χ0n) is 27.6. The molecular formula is C48H29N3. The van der Waals surface area contributed by atoms with Gasteiger partial charge in [-0.15, -0.1) is 0 Å². The third-order valence-corrected chi connectivity index (χ3v) is 11.1. The third-order valence-electron chi connectivity index (χ3n) is 11.1. The van der Waals surface area contributed by atoms with Gasteiger partial charge in [0.2, 0.25) is 0 Å². The molecule has 0 radical (unpaired) electrons. The van der Waals surface area contributed by atoms with Gasteiger partial charge in [-0.05, 0) is 83.9 Å². The summed E-state index contributed by atoms with van der Waals surface area (Å²) in [6, 6.07) is 64.5. The van der Waals surface area contributed by atoms with E-state index in [0.717, 1.165) is 0 Å². The highest BCUT2D eigenvalue weighted by atomic mass is 15.0. The van der Waals surface area contributed by atoms with Crippen LogP contribution in [0.1, 0.15) is 0 Å². The zero-order chi connectivity index (χ0) is 33.2. The van der Waals surface area contributed by atoms with Crippen molar-refractivity contribution in [3.05, 3.63) is 176 Å². The molecular weight excluding hydrogens is 619 g/mol. The maximum Gasteiger partial charge on any atom is 0.0620 e. The van der Waals surface area contributed by atoms with Gasteiger partial charge in [-0.1, -0.05) is 103 Å². The Balaban J connectivity index is 1.11. The first-order chi connectivity index (χ1) is 25.3. The first-order valence-electron chi connectivity index (χ1n) is 17.6. The molecule has 0 aliphatic heterocycles. The lowest BCUT2D eigenvalue weighted by atomic mass is 9.99. The van der Waals surface area contributed by atoms with Gasteiger partial charge in [0.25, 0.3) is 0 Å². The second-order valence-electron chi connectivity index (χ2n) is 13.7. The average molecular weight is 648 g/mol. The Labute approximate surface area is 292 Å². The largest absolute Gasteiger partial charge is 0.309 e. The molecule has 8 aromatic carbocycles. The molecule has 0 unspecified atom stereocenters. The molecule has 0 bridgehead atoms. The highest BCUT2D eigenvalue weighted by molar-refractivity contribution is 6.33. The van der Waals surface area contributed by atoms with Crippen LogP contribution in [0.4, 0.5) is 0 Å². The minimum atomic E-state index is 1.18. The van der Waals surface area contributed by atoms with Gasteiger partial charge in [-0.2, -0.15) is 0 Å². The van der Waals surface area contributed by atoms with E-state index in [1.807, 2.05) is 0 Å². The van der Waals surface area contributed by atoms with Crippen molar-refractivity contribution in [2.75, 3.05) is 0 Å². The Hall–Kier alpha value is -6.84. The van der Waals surface area contributed by atoms with Crippen LogP contribution in [-0.4, -0.2) is 13.5 Å². The van der Waals surface area contributed by atoms with E-state index in [-0.39, 0.29) is 0 Å². The van der Waals surface area contributed by atoms with E-state index in [1.54, 1.807) is 0 Å². The van der Waals surface area contributed by atoms with Crippen molar-refractivity contribution in [1.82, 2.24) is 13.5 Å². The molecule has 51 heavy (non-hydrogen) atoms. The van der Waals surface area contributed by atoms with E-state index in [1.165, 1.54) is 104 Å². The molecule has 12 rings (SSSR count). The lowest BCUT2D eigenvalue weighted by molar-refractivity contribution is 1.18. The molecule has 3 heteroatoms. The summed E-state index contributed by atoms with van der Waals surface area (Å²) >= 11 is 0.